The second-order valence-corrected chi connectivity index (χ2v) is 7.27. The average Bonchev–Trinajstić information content (AvgIpc) is 2.86. The van der Waals surface area contributed by atoms with Crippen LogP contribution in [0.25, 0.3) is 0 Å². The Morgan fingerprint density at radius 1 is 1.25 bits per heavy atom. The zero-order valence-electron chi connectivity index (χ0n) is 13.6. The molecule has 0 aromatic carbocycles. The minimum atomic E-state index is 0.348. The van der Waals surface area contributed by atoms with Gasteiger partial charge >= 0.3 is 0 Å². The number of nitrogens with zero attached hydrogens (tertiary/aromatic N) is 1. The van der Waals surface area contributed by atoms with Crippen molar-refractivity contribution in [2.24, 2.45) is 17.8 Å². The summed E-state index contributed by atoms with van der Waals surface area (Å²) in [5.74, 6) is 2.49. The van der Waals surface area contributed by atoms with Crippen LogP contribution in [0.4, 0.5) is 0 Å². The highest BCUT2D eigenvalue weighted by Gasteiger charge is 2.36. The van der Waals surface area contributed by atoms with Gasteiger partial charge < -0.3 is 15.3 Å². The molecule has 5 atom stereocenters. The van der Waals surface area contributed by atoms with Crippen LogP contribution in [0.5, 0.6) is 0 Å². The van der Waals surface area contributed by atoms with Crippen LogP contribution >= 0.6 is 0 Å². The van der Waals surface area contributed by atoms with Crippen LogP contribution in [0, 0.1) is 17.8 Å². The fraction of sp³-hybridized carbons (Fsp3) is 1.00. The molecule has 0 aromatic heterocycles. The van der Waals surface area contributed by atoms with E-state index in [1.165, 1.54) is 45.2 Å². The highest BCUT2D eigenvalue weighted by Crippen LogP contribution is 2.35. The largest absolute Gasteiger partial charge is 0.396 e. The summed E-state index contributed by atoms with van der Waals surface area (Å²) in [6.45, 7) is 7.72. The minimum absolute atomic E-state index is 0.348. The number of rotatable bonds is 6. The van der Waals surface area contributed by atoms with Crippen molar-refractivity contribution in [3.8, 4) is 0 Å². The summed E-state index contributed by atoms with van der Waals surface area (Å²) in [6.07, 6.45) is 7.55. The molecule has 2 aliphatic rings. The normalized spacial score (nSPS) is 39.3. The highest BCUT2D eigenvalue weighted by atomic mass is 16.2. The summed E-state index contributed by atoms with van der Waals surface area (Å²) in [4.78, 5) is 2.72. The molecule has 118 valence electrons. The lowest BCUT2D eigenvalue weighted by Crippen LogP contribution is -2.48. The van der Waals surface area contributed by atoms with Crippen molar-refractivity contribution in [2.75, 3.05) is 26.7 Å². The molecule has 5 unspecified atom stereocenters. The molecule has 0 spiro atoms. The van der Waals surface area contributed by atoms with Crippen LogP contribution in [-0.4, -0.2) is 48.8 Å². The van der Waals surface area contributed by atoms with E-state index in [-0.39, 0.29) is 0 Å². The molecule has 0 amide bonds. The molecule has 1 saturated carbocycles. The van der Waals surface area contributed by atoms with Crippen LogP contribution in [0.1, 0.15) is 52.4 Å². The minimum Gasteiger partial charge on any atom is -0.396 e. The van der Waals surface area contributed by atoms with Crippen LogP contribution in [0.15, 0.2) is 0 Å². The molecule has 2 N–H and O–H groups in total. The van der Waals surface area contributed by atoms with Crippen molar-refractivity contribution in [3.63, 3.8) is 0 Å². The van der Waals surface area contributed by atoms with Crippen LogP contribution in [0.2, 0.25) is 0 Å². The van der Waals surface area contributed by atoms with Gasteiger partial charge in [0.05, 0.1) is 0 Å². The van der Waals surface area contributed by atoms with Crippen molar-refractivity contribution in [1.29, 1.82) is 0 Å². The first kappa shape index (κ1) is 16.3. The summed E-state index contributed by atoms with van der Waals surface area (Å²) in [5, 5.41) is 12.6. The van der Waals surface area contributed by atoms with Gasteiger partial charge in [0.2, 0.25) is 0 Å². The van der Waals surface area contributed by atoms with Crippen LogP contribution in [-0.2, 0) is 0 Å². The molecule has 3 nitrogen and oxygen atoms in total. The molecule has 0 aromatic rings. The van der Waals surface area contributed by atoms with E-state index in [2.05, 4.69) is 31.1 Å². The molecule has 1 aliphatic carbocycles. The third-order valence-corrected chi connectivity index (χ3v) is 5.69. The zero-order valence-corrected chi connectivity index (χ0v) is 13.6. The van der Waals surface area contributed by atoms with Crippen molar-refractivity contribution in [2.45, 2.75) is 64.5 Å². The molecule has 2 fully saturated rings. The van der Waals surface area contributed by atoms with Gasteiger partial charge in [-0.15, -0.1) is 0 Å². The topological polar surface area (TPSA) is 35.5 Å². The molecule has 1 saturated heterocycles. The quantitative estimate of drug-likeness (QED) is 0.786. The van der Waals surface area contributed by atoms with E-state index in [1.54, 1.807) is 0 Å². The molecule has 20 heavy (non-hydrogen) atoms. The molecule has 1 heterocycles. The van der Waals surface area contributed by atoms with Gasteiger partial charge in [-0.1, -0.05) is 13.8 Å². The zero-order chi connectivity index (χ0) is 14.5. The highest BCUT2D eigenvalue weighted by molar-refractivity contribution is 4.91. The first-order chi connectivity index (χ1) is 9.65. The molecule has 0 radical (unpaired) electrons. The van der Waals surface area contributed by atoms with E-state index in [0.717, 1.165) is 30.2 Å². The van der Waals surface area contributed by atoms with Gasteiger partial charge in [0.15, 0.2) is 0 Å². The van der Waals surface area contributed by atoms with Gasteiger partial charge in [-0.05, 0) is 69.9 Å². The number of hydrogen-bond acceptors (Lipinski definition) is 3. The van der Waals surface area contributed by atoms with E-state index < -0.39 is 0 Å². The Morgan fingerprint density at radius 2 is 2.05 bits per heavy atom. The van der Waals surface area contributed by atoms with Crippen LogP contribution < -0.4 is 5.32 Å². The van der Waals surface area contributed by atoms with Crippen molar-refractivity contribution >= 4 is 0 Å². The lowest BCUT2D eigenvalue weighted by Gasteiger charge is -2.42. The van der Waals surface area contributed by atoms with E-state index in [4.69, 9.17) is 5.11 Å². The Hall–Kier alpha value is -0.120. The smallest absolute Gasteiger partial charge is 0.0431 e. The molecule has 2 rings (SSSR count). The Morgan fingerprint density at radius 3 is 2.75 bits per heavy atom. The number of aliphatic hydroxyl groups excluding tert-OH is 1. The predicted octanol–water partition coefficient (Wildman–Crippen LogP) is 2.49. The number of likely N-dealkylation sites (tertiary alicyclic amines) is 1. The van der Waals surface area contributed by atoms with E-state index >= 15 is 0 Å². The summed E-state index contributed by atoms with van der Waals surface area (Å²) < 4.78 is 0. The molecular weight excluding hydrogens is 248 g/mol. The number of nitrogens with one attached hydrogen (secondary N) is 1. The van der Waals surface area contributed by atoms with Crippen molar-refractivity contribution < 1.29 is 5.11 Å². The summed E-state index contributed by atoms with van der Waals surface area (Å²) in [5.41, 5.74) is 0. The molecule has 1 aliphatic heterocycles. The first-order valence-corrected chi connectivity index (χ1v) is 8.67. The maximum absolute atomic E-state index is 9.06. The standard InChI is InChI=1S/C17H34N2O/c1-13-10-14(2)16(17(11-13)18-3)12-19-8-4-6-15(19)7-5-9-20/h13-18,20H,4-12H2,1-3H3. The third-order valence-electron chi connectivity index (χ3n) is 5.69. The predicted molar refractivity (Wildman–Crippen MR) is 84.8 cm³/mol. The maximum atomic E-state index is 9.06. The van der Waals surface area contributed by atoms with E-state index in [9.17, 15) is 0 Å². The second-order valence-electron chi connectivity index (χ2n) is 7.27. The summed E-state index contributed by atoms with van der Waals surface area (Å²) in [7, 11) is 2.13. The Kier molecular flexibility index (Phi) is 6.31. The molecule has 3 heteroatoms. The van der Waals surface area contributed by atoms with Gasteiger partial charge in [-0.2, -0.15) is 0 Å². The van der Waals surface area contributed by atoms with Gasteiger partial charge in [0, 0.05) is 25.2 Å². The van der Waals surface area contributed by atoms with Gasteiger partial charge in [0.25, 0.3) is 0 Å². The maximum Gasteiger partial charge on any atom is 0.0431 e. The van der Waals surface area contributed by atoms with Crippen LogP contribution in [0.3, 0.4) is 0 Å². The Balaban J connectivity index is 1.92. The SMILES string of the molecule is CNC1CC(C)CC(C)C1CN1CCCC1CCCO. The monoisotopic (exact) mass is 282 g/mol. The molecular formula is C17H34N2O. The van der Waals surface area contributed by atoms with Gasteiger partial charge in [0.1, 0.15) is 0 Å². The van der Waals surface area contributed by atoms with E-state index in [0.29, 0.717) is 12.6 Å². The lowest BCUT2D eigenvalue weighted by atomic mass is 9.72. The van der Waals surface area contributed by atoms with Gasteiger partial charge in [-0.3, -0.25) is 0 Å². The van der Waals surface area contributed by atoms with Crippen molar-refractivity contribution in [1.82, 2.24) is 10.2 Å². The fourth-order valence-electron chi connectivity index (χ4n) is 4.61. The number of hydrogen-bond donors (Lipinski definition) is 2. The Bertz CT molecular complexity index is 284. The third kappa shape index (κ3) is 3.96. The van der Waals surface area contributed by atoms with E-state index in [1.807, 2.05) is 0 Å². The molecule has 0 bridgehead atoms. The number of aliphatic hydroxyl groups is 1. The summed E-state index contributed by atoms with van der Waals surface area (Å²) >= 11 is 0. The van der Waals surface area contributed by atoms with Gasteiger partial charge in [-0.25, -0.2) is 0 Å². The first-order valence-electron chi connectivity index (χ1n) is 8.67. The fourth-order valence-corrected chi connectivity index (χ4v) is 4.61. The second kappa shape index (κ2) is 7.77. The van der Waals surface area contributed by atoms with Crippen molar-refractivity contribution in [3.05, 3.63) is 0 Å². The summed E-state index contributed by atoms with van der Waals surface area (Å²) in [6, 6.07) is 1.42. The lowest BCUT2D eigenvalue weighted by molar-refractivity contribution is 0.0950. The average molecular weight is 282 g/mol. The Labute approximate surface area is 125 Å².